The summed E-state index contributed by atoms with van der Waals surface area (Å²) in [6.07, 6.45) is 4.92. The average Bonchev–Trinajstić information content (AvgIpc) is 3.44. The molecule has 4 rings (SSSR count). The summed E-state index contributed by atoms with van der Waals surface area (Å²) in [6.45, 7) is 11.4. The lowest BCUT2D eigenvalue weighted by atomic mass is 10.1. The third-order valence-corrected chi connectivity index (χ3v) is 6.12. The van der Waals surface area contributed by atoms with Crippen LogP contribution in [0.25, 0.3) is 11.6 Å². The van der Waals surface area contributed by atoms with Crippen LogP contribution in [-0.2, 0) is 4.74 Å². The number of pyridine rings is 1. The van der Waals surface area contributed by atoms with E-state index in [0.29, 0.717) is 23.7 Å². The summed E-state index contributed by atoms with van der Waals surface area (Å²) in [7, 11) is 0. The summed E-state index contributed by atoms with van der Waals surface area (Å²) in [5.74, 6) is 0.528. The van der Waals surface area contributed by atoms with Gasteiger partial charge in [0, 0.05) is 35.8 Å². The van der Waals surface area contributed by atoms with Crippen LogP contribution in [0.15, 0.2) is 45.9 Å². The Balaban J connectivity index is 1.59. The van der Waals surface area contributed by atoms with Crippen LogP contribution >= 0.6 is 0 Å². The molecule has 37 heavy (non-hydrogen) atoms. The highest BCUT2D eigenvalue weighted by Gasteiger charge is 2.27. The maximum Gasteiger partial charge on any atom is 0.347 e. The first kappa shape index (κ1) is 26.0. The van der Waals surface area contributed by atoms with Gasteiger partial charge in [-0.15, -0.1) is 0 Å². The molecule has 9 nitrogen and oxygen atoms in total. The number of allylic oxidation sites excluding steroid dienone is 1. The average molecular weight is 505 g/mol. The Bertz CT molecular complexity index is 1320. The number of likely N-dealkylation sites (N-methyl/N-ethyl adjacent to an activating group) is 1. The Morgan fingerprint density at radius 2 is 2.03 bits per heavy atom. The highest BCUT2D eigenvalue weighted by atomic mass is 16.5. The SMILES string of the molecule is CCOC(=O)c1c(Nc2ccc(OCCN(CC)CC)cc2C)oc(C=C2C=Nc3ncccc32)c1O. The van der Waals surface area contributed by atoms with Crippen molar-refractivity contribution in [1.29, 1.82) is 0 Å². The molecule has 0 fully saturated rings. The van der Waals surface area contributed by atoms with Crippen LogP contribution in [0.5, 0.6) is 11.5 Å². The predicted molar refractivity (Wildman–Crippen MR) is 144 cm³/mol. The Hall–Kier alpha value is -4.11. The fourth-order valence-electron chi connectivity index (χ4n) is 4.02. The molecule has 3 heterocycles. The predicted octanol–water partition coefficient (Wildman–Crippen LogP) is 5.59. The number of fused-ring (bicyclic) bond motifs is 1. The van der Waals surface area contributed by atoms with Crippen molar-refractivity contribution in [2.45, 2.75) is 27.7 Å². The lowest BCUT2D eigenvalue weighted by molar-refractivity contribution is 0.0524. The Kier molecular flexibility index (Phi) is 8.25. The number of aliphatic imine (C=N–C) groups is 1. The van der Waals surface area contributed by atoms with E-state index in [2.05, 4.69) is 34.0 Å². The summed E-state index contributed by atoms with van der Waals surface area (Å²) in [4.78, 5) is 23.5. The van der Waals surface area contributed by atoms with Crippen molar-refractivity contribution in [3.63, 3.8) is 0 Å². The first-order chi connectivity index (χ1) is 17.9. The Morgan fingerprint density at radius 3 is 2.76 bits per heavy atom. The highest BCUT2D eigenvalue weighted by molar-refractivity contribution is 6.21. The quantitative estimate of drug-likeness (QED) is 0.326. The minimum atomic E-state index is -0.688. The summed E-state index contributed by atoms with van der Waals surface area (Å²) in [5.41, 5.74) is 3.02. The lowest BCUT2D eigenvalue weighted by Crippen LogP contribution is -2.27. The molecular weight excluding hydrogens is 472 g/mol. The van der Waals surface area contributed by atoms with Crippen LogP contribution in [0.2, 0.25) is 0 Å². The molecule has 9 heteroatoms. The van der Waals surface area contributed by atoms with E-state index in [1.807, 2.05) is 31.2 Å². The Labute approximate surface area is 216 Å². The summed E-state index contributed by atoms with van der Waals surface area (Å²) < 4.78 is 17.0. The van der Waals surface area contributed by atoms with Gasteiger partial charge in [-0.1, -0.05) is 13.8 Å². The second kappa shape index (κ2) is 11.7. The smallest absolute Gasteiger partial charge is 0.347 e. The first-order valence-corrected chi connectivity index (χ1v) is 12.4. The van der Waals surface area contributed by atoms with Crippen molar-refractivity contribution in [1.82, 2.24) is 9.88 Å². The van der Waals surface area contributed by atoms with Crippen LogP contribution in [0, 0.1) is 6.92 Å². The first-order valence-electron chi connectivity index (χ1n) is 12.4. The lowest BCUT2D eigenvalue weighted by Gasteiger charge is -2.18. The van der Waals surface area contributed by atoms with Gasteiger partial charge in [0.1, 0.15) is 12.4 Å². The number of rotatable bonds is 11. The standard InChI is InChI=1S/C28H32N4O5/c1-5-32(6-2)13-14-36-20-10-11-22(18(4)15-20)31-27-24(28(34)35-7-3)25(33)23(37-27)16-19-17-30-26-21(19)9-8-12-29-26/h8-12,15-17,31,33H,5-7,13-14H2,1-4H3. The zero-order chi connectivity index (χ0) is 26.4. The number of hydrogen-bond donors (Lipinski definition) is 2. The second-order valence-corrected chi connectivity index (χ2v) is 8.45. The number of hydrogen-bond acceptors (Lipinski definition) is 9. The number of carbonyl (C=O) groups is 1. The molecule has 0 radical (unpaired) electrons. The van der Waals surface area contributed by atoms with E-state index in [0.717, 1.165) is 36.5 Å². The zero-order valence-electron chi connectivity index (χ0n) is 21.6. The molecule has 1 aliphatic heterocycles. The molecule has 2 aromatic heterocycles. The van der Waals surface area contributed by atoms with E-state index < -0.39 is 5.97 Å². The van der Waals surface area contributed by atoms with Crippen LogP contribution in [-0.4, -0.2) is 60.0 Å². The molecule has 0 spiro atoms. The fraction of sp³-hybridized carbons (Fsp3) is 0.321. The molecule has 1 aromatic carbocycles. The van der Waals surface area contributed by atoms with Crippen LogP contribution < -0.4 is 10.1 Å². The molecule has 0 bridgehead atoms. The number of nitrogens with one attached hydrogen (secondary N) is 1. The van der Waals surface area contributed by atoms with E-state index in [9.17, 15) is 9.90 Å². The van der Waals surface area contributed by atoms with E-state index in [1.165, 1.54) is 0 Å². The van der Waals surface area contributed by atoms with Crippen molar-refractivity contribution in [2.75, 3.05) is 38.2 Å². The molecule has 2 N–H and O–H groups in total. The van der Waals surface area contributed by atoms with Gasteiger partial charge in [0.05, 0.1) is 6.61 Å². The summed E-state index contributed by atoms with van der Waals surface area (Å²) in [5, 5.41) is 14.1. The topological polar surface area (TPSA) is 109 Å². The molecule has 0 aliphatic carbocycles. The van der Waals surface area contributed by atoms with Gasteiger partial charge >= 0.3 is 5.97 Å². The van der Waals surface area contributed by atoms with Crippen molar-refractivity contribution >= 4 is 41.2 Å². The van der Waals surface area contributed by atoms with E-state index in [-0.39, 0.29) is 29.6 Å². The van der Waals surface area contributed by atoms with Crippen molar-refractivity contribution in [2.24, 2.45) is 4.99 Å². The minimum absolute atomic E-state index is 0.0750. The maximum absolute atomic E-state index is 12.7. The van der Waals surface area contributed by atoms with E-state index in [1.54, 1.807) is 31.5 Å². The monoisotopic (exact) mass is 504 g/mol. The third-order valence-electron chi connectivity index (χ3n) is 6.12. The number of ether oxygens (including phenoxy) is 2. The number of anilines is 2. The van der Waals surface area contributed by atoms with Crippen molar-refractivity contribution in [3.8, 4) is 11.5 Å². The molecular formula is C28H32N4O5. The zero-order valence-corrected chi connectivity index (χ0v) is 21.6. The number of benzene rings is 1. The van der Waals surface area contributed by atoms with Crippen molar-refractivity contribution < 1.29 is 23.8 Å². The van der Waals surface area contributed by atoms with Gasteiger partial charge in [-0.3, -0.25) is 0 Å². The maximum atomic E-state index is 12.7. The molecule has 0 saturated carbocycles. The molecule has 3 aromatic rings. The normalized spacial score (nSPS) is 13.3. The molecule has 194 valence electrons. The van der Waals surface area contributed by atoms with Gasteiger partial charge in [0.15, 0.2) is 22.9 Å². The minimum Gasteiger partial charge on any atom is -0.504 e. The van der Waals surface area contributed by atoms with Gasteiger partial charge in [0.25, 0.3) is 0 Å². The van der Waals surface area contributed by atoms with Gasteiger partial charge in [0.2, 0.25) is 5.88 Å². The third kappa shape index (κ3) is 5.83. The second-order valence-electron chi connectivity index (χ2n) is 8.45. The number of carbonyl (C=O) groups excluding carboxylic acids is 1. The largest absolute Gasteiger partial charge is 0.504 e. The summed E-state index contributed by atoms with van der Waals surface area (Å²) in [6, 6.07) is 9.30. The summed E-state index contributed by atoms with van der Waals surface area (Å²) >= 11 is 0. The molecule has 1 aliphatic rings. The molecule has 0 unspecified atom stereocenters. The Morgan fingerprint density at radius 1 is 1.22 bits per heavy atom. The molecule has 0 atom stereocenters. The van der Waals surface area contributed by atoms with Crippen LogP contribution in [0.1, 0.15) is 48.0 Å². The van der Waals surface area contributed by atoms with Gasteiger partial charge < -0.3 is 29.2 Å². The number of aromatic hydroxyl groups is 1. The van der Waals surface area contributed by atoms with Gasteiger partial charge in [-0.25, -0.2) is 14.8 Å². The fourth-order valence-corrected chi connectivity index (χ4v) is 4.02. The number of aromatic nitrogens is 1. The number of esters is 1. The molecule has 0 amide bonds. The highest BCUT2D eigenvalue weighted by Crippen LogP contribution is 2.40. The van der Waals surface area contributed by atoms with Crippen LogP contribution in [0.3, 0.4) is 0 Å². The van der Waals surface area contributed by atoms with E-state index in [4.69, 9.17) is 13.9 Å². The number of furan rings is 1. The van der Waals surface area contributed by atoms with Gasteiger partial charge in [-0.05, 0) is 68.9 Å². The van der Waals surface area contributed by atoms with E-state index >= 15 is 0 Å². The number of aryl methyl sites for hydroxylation is 1. The van der Waals surface area contributed by atoms with Crippen molar-refractivity contribution in [3.05, 3.63) is 59.0 Å². The number of nitrogens with zero attached hydrogens (tertiary/aromatic N) is 3. The van der Waals surface area contributed by atoms with Crippen LogP contribution in [0.4, 0.5) is 17.4 Å². The van der Waals surface area contributed by atoms with Gasteiger partial charge in [-0.2, -0.15) is 0 Å². The molecule has 0 saturated heterocycles.